The van der Waals surface area contributed by atoms with E-state index < -0.39 is 11.2 Å². The van der Waals surface area contributed by atoms with Crippen LogP contribution in [-0.2, 0) is 0 Å². The number of aromatic amines is 2. The lowest BCUT2D eigenvalue weighted by Crippen LogP contribution is -2.26. The summed E-state index contributed by atoms with van der Waals surface area (Å²) >= 11 is 0. The van der Waals surface area contributed by atoms with Crippen LogP contribution >= 0.6 is 0 Å². The molecule has 88 valence electrons. The monoisotopic (exact) mass is 224 g/mol. The predicted molar refractivity (Wildman–Crippen MR) is 63.7 cm³/mol. The van der Waals surface area contributed by atoms with Gasteiger partial charge in [0.1, 0.15) is 5.69 Å². The molecule has 0 spiro atoms. The van der Waals surface area contributed by atoms with Gasteiger partial charge in [-0.1, -0.05) is 6.92 Å². The van der Waals surface area contributed by atoms with E-state index in [0.29, 0.717) is 5.69 Å². The molecule has 0 bridgehead atoms. The smallest absolute Gasteiger partial charge is 0.312 e. The molecule has 0 aliphatic heterocycles. The second kappa shape index (κ2) is 5.41. The lowest BCUT2D eigenvalue weighted by Gasteiger charge is -2.06. The van der Waals surface area contributed by atoms with E-state index in [1.807, 2.05) is 14.0 Å². The van der Waals surface area contributed by atoms with E-state index in [2.05, 4.69) is 20.3 Å². The van der Waals surface area contributed by atoms with Crippen molar-refractivity contribution in [1.29, 1.82) is 0 Å². The molecular formula is C10H16N4O2. The van der Waals surface area contributed by atoms with Gasteiger partial charge < -0.3 is 10.3 Å². The average molecular weight is 224 g/mol. The van der Waals surface area contributed by atoms with Crippen molar-refractivity contribution >= 4 is 11.9 Å². The first-order valence-electron chi connectivity index (χ1n) is 5.13. The van der Waals surface area contributed by atoms with Crippen LogP contribution in [-0.4, -0.2) is 29.3 Å². The Morgan fingerprint density at radius 1 is 1.44 bits per heavy atom. The number of nitrogens with one attached hydrogen (secondary N) is 3. The summed E-state index contributed by atoms with van der Waals surface area (Å²) in [6.45, 7) is 3.65. The third kappa shape index (κ3) is 2.90. The Hall–Kier alpha value is -1.69. The first kappa shape index (κ1) is 12.4. The SMILES string of the molecule is CCC(C=Nc1c(C)[nH]c(=O)[nH]c1=O)NC. The second-order valence-electron chi connectivity index (χ2n) is 3.46. The van der Waals surface area contributed by atoms with Gasteiger partial charge in [-0.2, -0.15) is 0 Å². The maximum absolute atomic E-state index is 11.4. The minimum atomic E-state index is -0.512. The number of aromatic nitrogens is 2. The quantitative estimate of drug-likeness (QED) is 0.632. The Balaban J connectivity index is 3.06. The molecule has 1 rings (SSSR count). The van der Waals surface area contributed by atoms with Gasteiger partial charge in [0, 0.05) is 18.0 Å². The first-order chi connectivity index (χ1) is 7.58. The Labute approximate surface area is 92.8 Å². The van der Waals surface area contributed by atoms with Gasteiger partial charge in [-0.05, 0) is 20.4 Å². The van der Waals surface area contributed by atoms with Gasteiger partial charge in [0.25, 0.3) is 5.56 Å². The number of H-pyrrole nitrogens is 2. The third-order valence-corrected chi connectivity index (χ3v) is 2.29. The zero-order valence-electron chi connectivity index (χ0n) is 9.63. The molecule has 0 saturated heterocycles. The number of aryl methyl sites for hydroxylation is 1. The van der Waals surface area contributed by atoms with Gasteiger partial charge in [0.15, 0.2) is 0 Å². The fraction of sp³-hybridized carbons (Fsp3) is 0.500. The molecule has 6 nitrogen and oxygen atoms in total. The zero-order valence-corrected chi connectivity index (χ0v) is 9.63. The molecular weight excluding hydrogens is 208 g/mol. The molecule has 0 amide bonds. The Bertz CT molecular complexity index is 482. The summed E-state index contributed by atoms with van der Waals surface area (Å²) in [6, 6.07) is 0.116. The average Bonchev–Trinajstić information content (AvgIpc) is 2.22. The van der Waals surface area contributed by atoms with Crippen LogP contribution in [0.4, 0.5) is 5.69 Å². The highest BCUT2D eigenvalue weighted by Crippen LogP contribution is 2.06. The molecule has 0 aromatic carbocycles. The number of hydrogen-bond acceptors (Lipinski definition) is 4. The van der Waals surface area contributed by atoms with E-state index in [9.17, 15) is 9.59 Å². The van der Waals surface area contributed by atoms with Crippen LogP contribution in [0.15, 0.2) is 14.6 Å². The molecule has 0 aliphatic rings. The Morgan fingerprint density at radius 2 is 2.12 bits per heavy atom. The standard InChI is InChI=1S/C10H16N4O2/c1-4-7(11-3)5-12-8-6(2)13-10(16)14-9(8)15/h5,7,11H,4H2,1-3H3,(H2,13,14,15,16). The Kier molecular flexibility index (Phi) is 4.19. The van der Waals surface area contributed by atoms with Crippen LogP contribution in [0.3, 0.4) is 0 Å². The maximum atomic E-state index is 11.4. The van der Waals surface area contributed by atoms with Crippen molar-refractivity contribution in [2.24, 2.45) is 4.99 Å². The summed E-state index contributed by atoms with van der Waals surface area (Å²) in [5, 5.41) is 3.04. The largest absolute Gasteiger partial charge is 0.326 e. The molecule has 1 atom stereocenters. The van der Waals surface area contributed by atoms with E-state index in [1.165, 1.54) is 0 Å². The first-order valence-corrected chi connectivity index (χ1v) is 5.13. The van der Waals surface area contributed by atoms with Gasteiger partial charge >= 0.3 is 5.69 Å². The van der Waals surface area contributed by atoms with E-state index in [0.717, 1.165) is 6.42 Å². The van der Waals surface area contributed by atoms with Crippen LogP contribution in [0.25, 0.3) is 0 Å². The maximum Gasteiger partial charge on any atom is 0.326 e. The summed E-state index contributed by atoms with van der Waals surface area (Å²) < 4.78 is 0. The number of rotatable bonds is 4. The van der Waals surface area contributed by atoms with Crippen molar-refractivity contribution in [2.45, 2.75) is 26.3 Å². The van der Waals surface area contributed by atoms with Gasteiger partial charge in [-0.3, -0.25) is 14.8 Å². The van der Waals surface area contributed by atoms with Crippen LogP contribution < -0.4 is 16.6 Å². The van der Waals surface area contributed by atoms with Crippen LogP contribution in [0.1, 0.15) is 19.0 Å². The highest BCUT2D eigenvalue weighted by atomic mass is 16.2. The van der Waals surface area contributed by atoms with E-state index >= 15 is 0 Å². The Morgan fingerprint density at radius 3 is 2.62 bits per heavy atom. The van der Waals surface area contributed by atoms with E-state index in [-0.39, 0.29) is 11.7 Å². The molecule has 1 heterocycles. The van der Waals surface area contributed by atoms with Crippen molar-refractivity contribution in [3.8, 4) is 0 Å². The van der Waals surface area contributed by atoms with Crippen molar-refractivity contribution in [3.05, 3.63) is 26.5 Å². The third-order valence-electron chi connectivity index (χ3n) is 2.29. The normalized spacial score (nSPS) is 13.2. The second-order valence-corrected chi connectivity index (χ2v) is 3.46. The van der Waals surface area contributed by atoms with E-state index in [1.54, 1.807) is 13.1 Å². The molecule has 0 fully saturated rings. The number of nitrogens with zero attached hydrogens (tertiary/aromatic N) is 1. The van der Waals surface area contributed by atoms with Gasteiger partial charge in [-0.25, -0.2) is 4.79 Å². The summed E-state index contributed by atoms with van der Waals surface area (Å²) in [5.41, 5.74) is -0.269. The van der Waals surface area contributed by atoms with Crippen LogP contribution in [0.5, 0.6) is 0 Å². The molecule has 0 radical (unpaired) electrons. The van der Waals surface area contributed by atoms with Crippen molar-refractivity contribution in [2.75, 3.05) is 7.05 Å². The summed E-state index contributed by atoms with van der Waals surface area (Å²) in [5.74, 6) is 0. The van der Waals surface area contributed by atoms with Gasteiger partial charge in [0.05, 0.1) is 0 Å². The van der Waals surface area contributed by atoms with Crippen LogP contribution in [0.2, 0.25) is 0 Å². The fourth-order valence-electron chi connectivity index (χ4n) is 1.30. The molecule has 1 aromatic heterocycles. The number of aliphatic imine (C=N–C) groups is 1. The predicted octanol–water partition coefficient (Wildman–Crippen LogP) is 0.0719. The van der Waals surface area contributed by atoms with E-state index in [4.69, 9.17) is 0 Å². The number of hydrogen-bond donors (Lipinski definition) is 3. The minimum absolute atomic E-state index is 0.116. The topological polar surface area (TPSA) is 90.1 Å². The lowest BCUT2D eigenvalue weighted by molar-refractivity contribution is 0.689. The van der Waals surface area contributed by atoms with Crippen LogP contribution in [0, 0.1) is 6.92 Å². The van der Waals surface area contributed by atoms with Gasteiger partial charge in [0.2, 0.25) is 0 Å². The zero-order chi connectivity index (χ0) is 12.1. The van der Waals surface area contributed by atoms with Gasteiger partial charge in [-0.15, -0.1) is 0 Å². The molecule has 6 heteroatoms. The highest BCUT2D eigenvalue weighted by Gasteiger charge is 2.04. The fourth-order valence-corrected chi connectivity index (χ4v) is 1.30. The molecule has 1 unspecified atom stereocenters. The molecule has 1 aromatic rings. The lowest BCUT2D eigenvalue weighted by atomic mass is 10.2. The summed E-state index contributed by atoms with van der Waals surface area (Å²) in [6.07, 6.45) is 2.54. The molecule has 0 saturated carbocycles. The van der Waals surface area contributed by atoms with Crippen molar-refractivity contribution < 1.29 is 0 Å². The van der Waals surface area contributed by atoms with Crippen molar-refractivity contribution in [1.82, 2.24) is 15.3 Å². The summed E-state index contributed by atoms with van der Waals surface area (Å²) in [4.78, 5) is 31.1. The minimum Gasteiger partial charge on any atom is -0.312 e. The molecule has 16 heavy (non-hydrogen) atoms. The molecule has 3 N–H and O–H groups in total. The van der Waals surface area contributed by atoms with Crippen molar-refractivity contribution in [3.63, 3.8) is 0 Å². The molecule has 0 aliphatic carbocycles. The highest BCUT2D eigenvalue weighted by molar-refractivity contribution is 5.68. The summed E-state index contributed by atoms with van der Waals surface area (Å²) in [7, 11) is 1.82.